The van der Waals surface area contributed by atoms with Crippen LogP contribution in [0.5, 0.6) is 0 Å². The van der Waals surface area contributed by atoms with Gasteiger partial charge in [0.2, 0.25) is 13.0 Å². The summed E-state index contributed by atoms with van der Waals surface area (Å²) in [6.45, 7) is 3.73. The number of hydrogen-bond acceptors (Lipinski definition) is 6. The molecule has 31 heavy (non-hydrogen) atoms. The summed E-state index contributed by atoms with van der Waals surface area (Å²) in [6, 6.07) is 10.8. The number of pyridine rings is 1. The molecule has 5 aromatic rings. The number of hydrogen-bond donors (Lipinski definition) is 1. The quantitative estimate of drug-likeness (QED) is 0.424. The summed E-state index contributed by atoms with van der Waals surface area (Å²) in [7, 11) is -3.30. The fraction of sp³-hybridized carbons (Fsp3) is 0.190. The fourth-order valence-corrected chi connectivity index (χ4v) is 4.48. The molecule has 0 aliphatic carbocycles. The molecule has 2 atom stereocenters. The molecule has 5 rings (SSSR count). The monoisotopic (exact) mass is 433 g/mol. The van der Waals surface area contributed by atoms with Crippen molar-refractivity contribution < 1.29 is 9.46 Å². The van der Waals surface area contributed by atoms with Gasteiger partial charge in [-0.15, -0.1) is 5.10 Å². The number of fused-ring (bicyclic) bond motifs is 2. The van der Waals surface area contributed by atoms with Crippen molar-refractivity contribution >= 4 is 29.6 Å². The van der Waals surface area contributed by atoms with Crippen LogP contribution >= 0.6 is 7.37 Å². The highest BCUT2D eigenvalue weighted by Crippen LogP contribution is 2.38. The predicted octanol–water partition coefficient (Wildman–Crippen LogP) is 3.06. The maximum absolute atomic E-state index is 12.2. The first kappa shape index (κ1) is 19.5. The van der Waals surface area contributed by atoms with Crippen molar-refractivity contribution in [3.8, 4) is 11.3 Å². The number of imidazole rings is 1. The molecule has 0 saturated heterocycles. The number of benzene rings is 1. The Bertz CT molecular complexity index is 1440. The van der Waals surface area contributed by atoms with Gasteiger partial charge in [0, 0.05) is 35.6 Å². The van der Waals surface area contributed by atoms with Crippen molar-refractivity contribution in [3.63, 3.8) is 0 Å². The van der Waals surface area contributed by atoms with Gasteiger partial charge in [0.05, 0.1) is 17.9 Å². The van der Waals surface area contributed by atoms with Gasteiger partial charge in [-0.3, -0.25) is 4.57 Å². The van der Waals surface area contributed by atoms with Gasteiger partial charge >= 0.3 is 0 Å². The van der Waals surface area contributed by atoms with E-state index in [4.69, 9.17) is 4.98 Å². The van der Waals surface area contributed by atoms with Crippen LogP contribution in [-0.2, 0) is 4.57 Å². The Morgan fingerprint density at radius 1 is 1.13 bits per heavy atom. The van der Waals surface area contributed by atoms with E-state index in [-0.39, 0.29) is 12.2 Å². The SMILES string of the molecule is CCP(=O)(O)c1ccc(-c2cnc3nnn(C(C)c4ccc5nccn5c4)c3n2)cc1. The van der Waals surface area contributed by atoms with Gasteiger partial charge in [-0.25, -0.2) is 19.6 Å². The van der Waals surface area contributed by atoms with Gasteiger partial charge in [-0.1, -0.05) is 30.3 Å². The molecule has 0 spiro atoms. The molecule has 1 N–H and O–H groups in total. The summed E-state index contributed by atoms with van der Waals surface area (Å²) in [5, 5.41) is 8.87. The summed E-state index contributed by atoms with van der Waals surface area (Å²) >= 11 is 0. The molecular formula is C21H20N7O2P. The van der Waals surface area contributed by atoms with Gasteiger partial charge in [-0.2, -0.15) is 0 Å². The molecule has 0 fully saturated rings. The lowest BCUT2D eigenvalue weighted by molar-refractivity contribution is 0.491. The molecule has 0 bridgehead atoms. The van der Waals surface area contributed by atoms with E-state index >= 15 is 0 Å². The van der Waals surface area contributed by atoms with Gasteiger partial charge in [0.1, 0.15) is 5.65 Å². The number of aromatic nitrogens is 7. The van der Waals surface area contributed by atoms with Crippen molar-refractivity contribution in [2.45, 2.75) is 19.9 Å². The van der Waals surface area contributed by atoms with E-state index in [1.54, 1.807) is 48.3 Å². The third kappa shape index (κ3) is 3.41. The van der Waals surface area contributed by atoms with E-state index in [2.05, 4.69) is 20.3 Å². The van der Waals surface area contributed by atoms with Crippen LogP contribution < -0.4 is 5.30 Å². The van der Waals surface area contributed by atoms with Gasteiger partial charge in [0.15, 0.2) is 5.65 Å². The lowest BCUT2D eigenvalue weighted by Crippen LogP contribution is -2.10. The average molecular weight is 433 g/mol. The molecule has 10 heteroatoms. The summed E-state index contributed by atoms with van der Waals surface area (Å²) < 4.78 is 15.9. The van der Waals surface area contributed by atoms with Crippen molar-refractivity contribution in [1.82, 2.24) is 34.3 Å². The fourth-order valence-electron chi connectivity index (χ4n) is 3.50. The normalized spacial score (nSPS) is 14.7. The molecule has 0 radical (unpaired) electrons. The Labute approximate surface area is 177 Å². The molecule has 2 unspecified atom stereocenters. The molecule has 4 aromatic heterocycles. The van der Waals surface area contributed by atoms with E-state index in [1.807, 2.05) is 35.9 Å². The zero-order chi connectivity index (χ0) is 21.6. The second kappa shape index (κ2) is 7.37. The Hall–Kier alpha value is -3.42. The van der Waals surface area contributed by atoms with E-state index in [0.29, 0.717) is 22.3 Å². The maximum Gasteiger partial charge on any atom is 0.229 e. The van der Waals surface area contributed by atoms with Crippen molar-refractivity contribution in [2.24, 2.45) is 0 Å². The Kier molecular flexibility index (Phi) is 4.64. The number of rotatable bonds is 5. The standard InChI is InChI=1S/C21H20N7O2P/c1-3-31(29,30)17-7-4-15(5-8-17)18-12-23-20-21(24-18)28(26-25-20)14(2)16-6-9-19-22-10-11-27(19)13-16/h4-14H,3H2,1-2H3,(H,29,30). The molecule has 9 nitrogen and oxygen atoms in total. The highest BCUT2D eigenvalue weighted by molar-refractivity contribution is 7.66. The van der Waals surface area contributed by atoms with Crippen molar-refractivity contribution in [2.75, 3.05) is 6.16 Å². The second-order valence-corrected chi connectivity index (χ2v) is 9.88. The first-order chi connectivity index (χ1) is 15.0. The summed E-state index contributed by atoms with van der Waals surface area (Å²) in [6.07, 6.45) is 7.50. The summed E-state index contributed by atoms with van der Waals surface area (Å²) in [5.74, 6) is 0. The molecule has 0 aliphatic heterocycles. The zero-order valence-corrected chi connectivity index (χ0v) is 17.9. The molecule has 0 aliphatic rings. The topological polar surface area (TPSA) is 111 Å². The lowest BCUT2D eigenvalue weighted by atomic mass is 10.1. The first-order valence-corrected chi connectivity index (χ1v) is 11.7. The lowest BCUT2D eigenvalue weighted by Gasteiger charge is -2.13. The molecule has 0 saturated carbocycles. The van der Waals surface area contributed by atoms with Crippen LogP contribution in [0.4, 0.5) is 0 Å². The van der Waals surface area contributed by atoms with Crippen LogP contribution in [0.15, 0.2) is 61.2 Å². The third-order valence-corrected chi connectivity index (χ3v) is 7.41. The van der Waals surface area contributed by atoms with Crippen LogP contribution in [0.2, 0.25) is 0 Å². The molecule has 0 amide bonds. The van der Waals surface area contributed by atoms with Gasteiger partial charge < -0.3 is 9.29 Å². The Morgan fingerprint density at radius 2 is 1.94 bits per heavy atom. The minimum absolute atomic E-state index is 0.117. The summed E-state index contributed by atoms with van der Waals surface area (Å²) in [4.78, 5) is 23.5. The van der Waals surface area contributed by atoms with Crippen LogP contribution in [0.3, 0.4) is 0 Å². The smallest absolute Gasteiger partial charge is 0.229 e. The minimum atomic E-state index is -3.30. The van der Waals surface area contributed by atoms with Gasteiger partial charge in [-0.05, 0) is 30.7 Å². The largest absolute Gasteiger partial charge is 0.341 e. The van der Waals surface area contributed by atoms with E-state index in [1.165, 1.54) is 0 Å². The van der Waals surface area contributed by atoms with Crippen LogP contribution in [-0.4, -0.2) is 45.4 Å². The van der Waals surface area contributed by atoms with Crippen LogP contribution in [0.1, 0.15) is 25.5 Å². The average Bonchev–Trinajstić information content (AvgIpc) is 3.44. The van der Waals surface area contributed by atoms with E-state index in [9.17, 15) is 9.46 Å². The van der Waals surface area contributed by atoms with E-state index in [0.717, 1.165) is 16.8 Å². The van der Waals surface area contributed by atoms with E-state index < -0.39 is 7.37 Å². The molecule has 156 valence electrons. The Morgan fingerprint density at radius 3 is 2.71 bits per heavy atom. The van der Waals surface area contributed by atoms with Gasteiger partial charge in [0.25, 0.3) is 0 Å². The maximum atomic E-state index is 12.2. The molecular weight excluding hydrogens is 413 g/mol. The Balaban J connectivity index is 1.53. The highest BCUT2D eigenvalue weighted by atomic mass is 31.2. The highest BCUT2D eigenvalue weighted by Gasteiger charge is 2.19. The summed E-state index contributed by atoms with van der Waals surface area (Å²) in [5.41, 5.74) is 4.38. The molecule has 1 aromatic carbocycles. The van der Waals surface area contributed by atoms with Crippen molar-refractivity contribution in [3.05, 3.63) is 66.7 Å². The first-order valence-electron chi connectivity index (χ1n) is 9.89. The molecule has 4 heterocycles. The third-order valence-electron chi connectivity index (χ3n) is 5.44. The zero-order valence-electron chi connectivity index (χ0n) is 17.0. The van der Waals surface area contributed by atoms with Crippen molar-refractivity contribution in [1.29, 1.82) is 0 Å². The predicted molar refractivity (Wildman–Crippen MR) is 118 cm³/mol. The van der Waals surface area contributed by atoms with Crippen LogP contribution in [0, 0.1) is 0 Å². The number of nitrogens with zero attached hydrogens (tertiary/aromatic N) is 7. The van der Waals surface area contributed by atoms with Crippen LogP contribution in [0.25, 0.3) is 28.2 Å². The minimum Gasteiger partial charge on any atom is -0.341 e. The second-order valence-electron chi connectivity index (χ2n) is 7.33.